The summed E-state index contributed by atoms with van der Waals surface area (Å²) in [4.78, 5) is 21.5. The van der Waals surface area contributed by atoms with Gasteiger partial charge in [-0.2, -0.15) is 0 Å². The van der Waals surface area contributed by atoms with E-state index in [1.807, 2.05) is 0 Å². The first-order valence-corrected chi connectivity index (χ1v) is 3.45. The summed E-state index contributed by atoms with van der Waals surface area (Å²) >= 11 is 0. The van der Waals surface area contributed by atoms with E-state index >= 15 is 0 Å². The second-order valence-electron chi connectivity index (χ2n) is 1.77. The fraction of sp³-hybridized carbons (Fsp3) is 0.714. The van der Waals surface area contributed by atoms with E-state index in [1.165, 1.54) is 21.3 Å². The van der Waals surface area contributed by atoms with Crippen molar-refractivity contribution in [3.8, 4) is 0 Å². The molecule has 0 aromatic heterocycles. The number of aliphatic hydroxyl groups excluding tert-OH is 1. The van der Waals surface area contributed by atoms with Gasteiger partial charge in [0.25, 0.3) is 0 Å². The molecule has 0 saturated carbocycles. The lowest BCUT2D eigenvalue weighted by molar-refractivity contribution is -0.154. The van der Waals surface area contributed by atoms with Crippen molar-refractivity contribution in [1.82, 2.24) is 5.32 Å². The molecule has 6 heteroatoms. The Hall–Kier alpha value is -1.14. The van der Waals surface area contributed by atoms with Crippen molar-refractivity contribution in [2.75, 3.05) is 28.4 Å². The number of esters is 2. The molecule has 0 saturated heterocycles. The molecule has 0 radical (unpaired) electrons. The Morgan fingerprint density at radius 3 is 1.62 bits per heavy atom. The quantitative estimate of drug-likeness (QED) is 0.420. The SMILES string of the molecule is CNC(C(=O)OC)C(=O)OC.CO. The van der Waals surface area contributed by atoms with Gasteiger partial charge in [0.15, 0.2) is 0 Å². The molecule has 2 N–H and O–H groups in total. The number of likely N-dealkylation sites (N-methyl/N-ethyl adjacent to an activating group) is 1. The summed E-state index contributed by atoms with van der Waals surface area (Å²) in [5.41, 5.74) is 0. The lowest BCUT2D eigenvalue weighted by Crippen LogP contribution is -2.42. The largest absolute Gasteiger partial charge is 0.467 e. The molecule has 0 aliphatic rings. The highest BCUT2D eigenvalue weighted by Crippen LogP contribution is 1.89. The van der Waals surface area contributed by atoms with Gasteiger partial charge in [0.05, 0.1) is 14.2 Å². The average molecular weight is 193 g/mol. The Balaban J connectivity index is 0. The lowest BCUT2D eigenvalue weighted by Gasteiger charge is -2.09. The summed E-state index contributed by atoms with van der Waals surface area (Å²) in [5.74, 6) is -1.31. The van der Waals surface area contributed by atoms with Crippen molar-refractivity contribution in [3.63, 3.8) is 0 Å². The van der Waals surface area contributed by atoms with E-state index in [2.05, 4.69) is 14.8 Å². The predicted octanol–water partition coefficient (Wildman–Crippen LogP) is -1.47. The van der Waals surface area contributed by atoms with Crippen LogP contribution < -0.4 is 5.32 Å². The van der Waals surface area contributed by atoms with Crippen LogP contribution in [0.4, 0.5) is 0 Å². The number of methoxy groups -OCH3 is 2. The summed E-state index contributed by atoms with van der Waals surface area (Å²) in [6.45, 7) is 0. The molecule has 0 aromatic rings. The molecule has 0 heterocycles. The van der Waals surface area contributed by atoms with Crippen molar-refractivity contribution in [2.45, 2.75) is 6.04 Å². The van der Waals surface area contributed by atoms with Crippen molar-refractivity contribution in [1.29, 1.82) is 0 Å². The molecular formula is C7H15NO5. The maximum atomic E-state index is 10.8. The third kappa shape index (κ3) is 5.15. The molecule has 0 rings (SSSR count). The molecule has 13 heavy (non-hydrogen) atoms. The van der Waals surface area contributed by atoms with Gasteiger partial charge in [0.1, 0.15) is 0 Å². The molecule has 78 valence electrons. The summed E-state index contributed by atoms with van der Waals surface area (Å²) in [6.07, 6.45) is 0. The third-order valence-electron chi connectivity index (χ3n) is 1.16. The normalized spacial score (nSPS) is 8.46. The van der Waals surface area contributed by atoms with Gasteiger partial charge in [-0.1, -0.05) is 0 Å². The van der Waals surface area contributed by atoms with E-state index in [9.17, 15) is 9.59 Å². The van der Waals surface area contributed by atoms with Crippen molar-refractivity contribution in [2.24, 2.45) is 0 Å². The molecular weight excluding hydrogens is 178 g/mol. The highest BCUT2D eigenvalue weighted by molar-refractivity contribution is 5.99. The zero-order chi connectivity index (χ0) is 10.9. The van der Waals surface area contributed by atoms with Crippen LogP contribution in [0.25, 0.3) is 0 Å². The van der Waals surface area contributed by atoms with Gasteiger partial charge in [0, 0.05) is 7.11 Å². The Morgan fingerprint density at radius 2 is 1.46 bits per heavy atom. The van der Waals surface area contributed by atoms with E-state index in [-0.39, 0.29) is 0 Å². The van der Waals surface area contributed by atoms with Gasteiger partial charge in [-0.3, -0.25) is 5.32 Å². The fourth-order valence-corrected chi connectivity index (χ4v) is 0.568. The monoisotopic (exact) mass is 193 g/mol. The summed E-state index contributed by atoms with van der Waals surface area (Å²) in [6, 6.07) is -1.02. The standard InChI is InChI=1S/C6H11NO4.CH4O/c1-7-4(5(8)10-2)6(9)11-3;1-2/h4,7H,1-3H3;2H,1H3. The summed E-state index contributed by atoms with van der Waals surface area (Å²) in [7, 11) is 4.88. The topological polar surface area (TPSA) is 84.9 Å². The maximum Gasteiger partial charge on any atom is 0.334 e. The Bertz CT molecular complexity index is 143. The van der Waals surface area contributed by atoms with E-state index in [4.69, 9.17) is 5.11 Å². The van der Waals surface area contributed by atoms with Gasteiger partial charge in [0.2, 0.25) is 6.04 Å². The van der Waals surface area contributed by atoms with E-state index < -0.39 is 18.0 Å². The molecule has 6 nitrogen and oxygen atoms in total. The summed E-state index contributed by atoms with van der Waals surface area (Å²) in [5, 5.41) is 9.45. The molecule has 0 aliphatic carbocycles. The van der Waals surface area contributed by atoms with E-state index in [0.29, 0.717) is 0 Å². The maximum absolute atomic E-state index is 10.8. The van der Waals surface area contributed by atoms with Gasteiger partial charge < -0.3 is 14.6 Å². The molecule has 0 unspecified atom stereocenters. The zero-order valence-corrected chi connectivity index (χ0v) is 8.16. The zero-order valence-electron chi connectivity index (χ0n) is 8.16. The number of hydrogen-bond donors (Lipinski definition) is 2. The van der Waals surface area contributed by atoms with Crippen LogP contribution in [-0.2, 0) is 19.1 Å². The van der Waals surface area contributed by atoms with Crippen LogP contribution in [0.5, 0.6) is 0 Å². The molecule has 0 bridgehead atoms. The highest BCUT2D eigenvalue weighted by Gasteiger charge is 2.25. The second-order valence-corrected chi connectivity index (χ2v) is 1.77. The molecule has 0 fully saturated rings. The van der Waals surface area contributed by atoms with E-state index in [1.54, 1.807) is 0 Å². The molecule has 0 spiro atoms. The first-order chi connectivity index (χ1) is 6.17. The highest BCUT2D eigenvalue weighted by atomic mass is 16.5. The molecule has 0 amide bonds. The van der Waals surface area contributed by atoms with Crippen LogP contribution in [0.3, 0.4) is 0 Å². The smallest absolute Gasteiger partial charge is 0.334 e. The minimum absolute atomic E-state index is 0.653. The van der Waals surface area contributed by atoms with Gasteiger partial charge in [-0.25, -0.2) is 9.59 Å². The first kappa shape index (κ1) is 14.4. The van der Waals surface area contributed by atoms with Crippen LogP contribution >= 0.6 is 0 Å². The Morgan fingerprint density at radius 1 is 1.15 bits per heavy atom. The number of hydrogen-bond acceptors (Lipinski definition) is 6. The average Bonchev–Trinajstić information content (AvgIpc) is 2.21. The molecule has 0 atom stereocenters. The van der Waals surface area contributed by atoms with E-state index in [0.717, 1.165) is 7.11 Å². The lowest BCUT2D eigenvalue weighted by atomic mass is 10.3. The minimum atomic E-state index is -1.02. The fourth-order valence-electron chi connectivity index (χ4n) is 0.568. The predicted molar refractivity (Wildman–Crippen MR) is 45.0 cm³/mol. The number of rotatable bonds is 3. The number of ether oxygens (including phenoxy) is 2. The van der Waals surface area contributed by atoms with Crippen molar-refractivity contribution in [3.05, 3.63) is 0 Å². The molecule has 0 aliphatic heterocycles. The second kappa shape index (κ2) is 8.95. The number of carbonyl (C=O) groups excluding carboxylic acids is 2. The first-order valence-electron chi connectivity index (χ1n) is 3.45. The number of aliphatic hydroxyl groups is 1. The summed E-state index contributed by atoms with van der Waals surface area (Å²) < 4.78 is 8.65. The Kier molecular flexibility index (Phi) is 9.91. The van der Waals surface area contributed by atoms with Crippen molar-refractivity contribution < 1.29 is 24.2 Å². The third-order valence-corrected chi connectivity index (χ3v) is 1.16. The van der Waals surface area contributed by atoms with Gasteiger partial charge in [-0.05, 0) is 7.05 Å². The number of carbonyl (C=O) groups is 2. The van der Waals surface area contributed by atoms with Gasteiger partial charge in [-0.15, -0.1) is 0 Å². The minimum Gasteiger partial charge on any atom is -0.467 e. The molecule has 0 aromatic carbocycles. The number of nitrogens with one attached hydrogen (secondary N) is 1. The van der Waals surface area contributed by atoms with Crippen LogP contribution in [0.2, 0.25) is 0 Å². The van der Waals surface area contributed by atoms with Crippen LogP contribution in [0, 0.1) is 0 Å². The van der Waals surface area contributed by atoms with Crippen LogP contribution in [0.15, 0.2) is 0 Å². The Labute approximate surface area is 76.8 Å². The van der Waals surface area contributed by atoms with Crippen LogP contribution in [-0.4, -0.2) is 51.5 Å². The van der Waals surface area contributed by atoms with Crippen molar-refractivity contribution >= 4 is 11.9 Å². The van der Waals surface area contributed by atoms with Gasteiger partial charge >= 0.3 is 11.9 Å². The van der Waals surface area contributed by atoms with Crippen LogP contribution in [0.1, 0.15) is 0 Å².